The van der Waals surface area contributed by atoms with Crippen molar-refractivity contribution in [3.05, 3.63) is 70.5 Å². The monoisotopic (exact) mass is 305 g/mol. The number of hydrogen-bond donors (Lipinski definition) is 1. The number of hydrogen-bond acceptors (Lipinski definition) is 1. The fourth-order valence-corrected chi connectivity index (χ4v) is 2.37. The predicted octanol–water partition coefficient (Wildman–Crippen LogP) is 4.40. The molecule has 21 heavy (non-hydrogen) atoms. The fraction of sp³-hybridized carbons (Fsp3) is 0.235. The van der Waals surface area contributed by atoms with Gasteiger partial charge in [0.25, 0.3) is 5.91 Å². The molecule has 0 aliphatic carbocycles. The number of carbonyl (C=O) groups excluding carboxylic acids is 1. The molecular weight excluding hydrogens is 289 g/mol. The van der Waals surface area contributed by atoms with Crippen LogP contribution in [0.15, 0.2) is 48.5 Å². The van der Waals surface area contributed by atoms with Crippen molar-refractivity contribution < 1.29 is 9.18 Å². The summed E-state index contributed by atoms with van der Waals surface area (Å²) >= 11 is 5.87. The van der Waals surface area contributed by atoms with Crippen molar-refractivity contribution in [2.75, 3.05) is 6.54 Å². The van der Waals surface area contributed by atoms with Crippen molar-refractivity contribution in [3.8, 4) is 0 Å². The van der Waals surface area contributed by atoms with Crippen LogP contribution in [0.1, 0.15) is 35.2 Å². The predicted molar refractivity (Wildman–Crippen MR) is 83.2 cm³/mol. The summed E-state index contributed by atoms with van der Waals surface area (Å²) in [6.07, 6.45) is 0.863. The van der Waals surface area contributed by atoms with E-state index in [1.165, 1.54) is 12.1 Å². The number of nitrogens with one attached hydrogen (secondary N) is 1. The molecule has 0 aliphatic rings. The van der Waals surface area contributed by atoms with Crippen molar-refractivity contribution in [3.63, 3.8) is 0 Å². The van der Waals surface area contributed by atoms with E-state index < -0.39 is 0 Å². The van der Waals surface area contributed by atoms with Crippen LogP contribution in [0, 0.1) is 5.82 Å². The van der Waals surface area contributed by atoms with E-state index in [4.69, 9.17) is 11.6 Å². The Labute approximate surface area is 128 Å². The van der Waals surface area contributed by atoms with Gasteiger partial charge in [-0.15, -0.1) is 0 Å². The van der Waals surface area contributed by atoms with Gasteiger partial charge in [-0.05, 0) is 42.3 Å². The minimum Gasteiger partial charge on any atom is -0.351 e. The van der Waals surface area contributed by atoms with E-state index in [9.17, 15) is 9.18 Å². The Morgan fingerprint density at radius 2 is 1.95 bits per heavy atom. The van der Waals surface area contributed by atoms with Crippen LogP contribution in [-0.2, 0) is 0 Å². The van der Waals surface area contributed by atoms with Crippen molar-refractivity contribution >= 4 is 17.5 Å². The number of rotatable bonds is 5. The highest BCUT2D eigenvalue weighted by Gasteiger charge is 2.12. The van der Waals surface area contributed by atoms with Gasteiger partial charge in [-0.1, -0.05) is 36.7 Å². The molecule has 0 fully saturated rings. The van der Waals surface area contributed by atoms with Crippen LogP contribution in [0.5, 0.6) is 0 Å². The maximum Gasteiger partial charge on any atom is 0.251 e. The van der Waals surface area contributed by atoms with E-state index in [1.807, 2.05) is 6.92 Å². The molecular formula is C17H17ClFNO. The molecule has 4 heteroatoms. The summed E-state index contributed by atoms with van der Waals surface area (Å²) in [5, 5.41) is 3.43. The summed E-state index contributed by atoms with van der Waals surface area (Å²) in [6, 6.07) is 13.2. The minimum absolute atomic E-state index is 0.155. The summed E-state index contributed by atoms with van der Waals surface area (Å²) in [4.78, 5) is 12.1. The molecule has 1 amide bonds. The average molecular weight is 306 g/mol. The molecule has 2 nitrogen and oxygen atoms in total. The standard InChI is InChI=1S/C17H17ClFNO/c1-2-12(13-6-8-16(19)9-7-13)11-20-17(21)14-4-3-5-15(18)10-14/h3-10,12H,2,11H2,1H3,(H,20,21)/t12-/m0/s1. The van der Waals surface area contributed by atoms with Gasteiger partial charge in [0.1, 0.15) is 5.82 Å². The second-order valence-electron chi connectivity index (χ2n) is 4.88. The smallest absolute Gasteiger partial charge is 0.251 e. The van der Waals surface area contributed by atoms with Gasteiger partial charge < -0.3 is 5.32 Å². The van der Waals surface area contributed by atoms with Crippen LogP contribution in [0.4, 0.5) is 4.39 Å². The largest absolute Gasteiger partial charge is 0.351 e. The number of amides is 1. The van der Waals surface area contributed by atoms with E-state index in [2.05, 4.69) is 5.32 Å². The normalized spacial score (nSPS) is 12.0. The fourth-order valence-electron chi connectivity index (χ4n) is 2.18. The topological polar surface area (TPSA) is 29.1 Å². The van der Waals surface area contributed by atoms with Crippen molar-refractivity contribution in [1.82, 2.24) is 5.32 Å². The van der Waals surface area contributed by atoms with E-state index in [-0.39, 0.29) is 17.6 Å². The Kier molecular flexibility index (Phi) is 5.34. The first-order chi connectivity index (χ1) is 10.1. The number of carbonyl (C=O) groups is 1. The van der Waals surface area contributed by atoms with Crippen molar-refractivity contribution in [2.24, 2.45) is 0 Å². The highest BCUT2D eigenvalue weighted by molar-refractivity contribution is 6.30. The lowest BCUT2D eigenvalue weighted by atomic mass is 9.96. The van der Waals surface area contributed by atoms with Gasteiger partial charge in [0.2, 0.25) is 0 Å². The third-order valence-electron chi connectivity index (χ3n) is 3.43. The first-order valence-corrected chi connectivity index (χ1v) is 7.27. The molecule has 0 aromatic heterocycles. The molecule has 0 saturated heterocycles. The number of halogens is 2. The van der Waals surface area contributed by atoms with Gasteiger partial charge in [0.15, 0.2) is 0 Å². The highest BCUT2D eigenvalue weighted by atomic mass is 35.5. The lowest BCUT2D eigenvalue weighted by Gasteiger charge is -2.16. The summed E-state index contributed by atoms with van der Waals surface area (Å²) in [5.41, 5.74) is 1.56. The minimum atomic E-state index is -0.253. The zero-order valence-corrected chi connectivity index (χ0v) is 12.5. The van der Waals surface area contributed by atoms with Crippen molar-refractivity contribution in [1.29, 1.82) is 0 Å². The zero-order chi connectivity index (χ0) is 15.2. The Hall–Kier alpha value is -1.87. The van der Waals surface area contributed by atoms with E-state index in [0.717, 1.165) is 12.0 Å². The van der Waals surface area contributed by atoms with Gasteiger partial charge in [0, 0.05) is 23.0 Å². The third kappa shape index (κ3) is 4.30. The van der Waals surface area contributed by atoms with Crippen LogP contribution in [0.25, 0.3) is 0 Å². The van der Waals surface area contributed by atoms with Crippen LogP contribution in [0.3, 0.4) is 0 Å². The van der Waals surface area contributed by atoms with Crippen molar-refractivity contribution in [2.45, 2.75) is 19.3 Å². The second-order valence-corrected chi connectivity index (χ2v) is 5.31. The first-order valence-electron chi connectivity index (χ1n) is 6.89. The molecule has 110 valence electrons. The SMILES string of the molecule is CC[C@@H](CNC(=O)c1cccc(Cl)c1)c1ccc(F)cc1. The Morgan fingerprint density at radius 1 is 1.24 bits per heavy atom. The maximum absolute atomic E-state index is 12.9. The summed E-state index contributed by atoms with van der Waals surface area (Å²) in [7, 11) is 0. The molecule has 2 rings (SSSR count). The Morgan fingerprint density at radius 3 is 2.57 bits per heavy atom. The zero-order valence-electron chi connectivity index (χ0n) is 11.8. The third-order valence-corrected chi connectivity index (χ3v) is 3.67. The van der Waals surface area contributed by atoms with Crippen LogP contribution in [-0.4, -0.2) is 12.5 Å². The summed E-state index contributed by atoms with van der Waals surface area (Å²) in [5.74, 6) is -0.247. The molecule has 0 unspecified atom stereocenters. The molecule has 0 heterocycles. The summed E-state index contributed by atoms with van der Waals surface area (Å²) < 4.78 is 12.9. The lowest BCUT2D eigenvalue weighted by Crippen LogP contribution is -2.28. The molecule has 0 spiro atoms. The van der Waals surface area contributed by atoms with Crippen LogP contribution in [0.2, 0.25) is 5.02 Å². The van der Waals surface area contributed by atoms with Gasteiger partial charge in [-0.2, -0.15) is 0 Å². The molecule has 0 bridgehead atoms. The molecule has 2 aromatic carbocycles. The maximum atomic E-state index is 12.9. The van der Waals surface area contributed by atoms with Crippen LogP contribution < -0.4 is 5.32 Å². The van der Waals surface area contributed by atoms with Gasteiger partial charge >= 0.3 is 0 Å². The first kappa shape index (κ1) is 15.5. The molecule has 2 aromatic rings. The van der Waals surface area contributed by atoms with E-state index >= 15 is 0 Å². The Bertz CT molecular complexity index is 612. The number of benzene rings is 2. The average Bonchev–Trinajstić information content (AvgIpc) is 2.49. The molecule has 0 saturated carbocycles. The highest BCUT2D eigenvalue weighted by Crippen LogP contribution is 2.19. The summed E-state index contributed by atoms with van der Waals surface area (Å²) in [6.45, 7) is 2.55. The lowest BCUT2D eigenvalue weighted by molar-refractivity contribution is 0.0951. The molecule has 1 atom stereocenters. The quantitative estimate of drug-likeness (QED) is 0.871. The molecule has 1 N–H and O–H groups in total. The van der Waals surface area contributed by atoms with E-state index in [0.29, 0.717) is 17.1 Å². The van der Waals surface area contributed by atoms with Gasteiger partial charge in [-0.3, -0.25) is 4.79 Å². The van der Waals surface area contributed by atoms with Gasteiger partial charge in [-0.25, -0.2) is 4.39 Å². The van der Waals surface area contributed by atoms with Gasteiger partial charge in [0.05, 0.1) is 0 Å². The second kappa shape index (κ2) is 7.23. The van der Waals surface area contributed by atoms with E-state index in [1.54, 1.807) is 36.4 Å². The Balaban J connectivity index is 2.00. The molecule has 0 radical (unpaired) electrons. The van der Waals surface area contributed by atoms with Crippen LogP contribution >= 0.6 is 11.6 Å². The molecule has 0 aliphatic heterocycles.